The van der Waals surface area contributed by atoms with Crippen LogP contribution in [0.1, 0.15) is 23.1 Å². The molecule has 0 spiro atoms. The average molecular weight is 355 g/mol. The van der Waals surface area contributed by atoms with Gasteiger partial charge in [-0.3, -0.25) is 4.99 Å². The van der Waals surface area contributed by atoms with Crippen LogP contribution in [0.5, 0.6) is 0 Å². The summed E-state index contributed by atoms with van der Waals surface area (Å²) >= 11 is 0. The first-order chi connectivity index (χ1) is 12.6. The van der Waals surface area contributed by atoms with E-state index in [2.05, 4.69) is 52.7 Å². The van der Waals surface area contributed by atoms with Crippen LogP contribution < -0.4 is 15.5 Å². The fourth-order valence-corrected chi connectivity index (χ4v) is 3.29. The summed E-state index contributed by atoms with van der Waals surface area (Å²) < 4.78 is 13.9. The second-order valence-electron chi connectivity index (χ2n) is 6.74. The monoisotopic (exact) mass is 355 g/mol. The molecule has 1 aromatic carbocycles. The maximum absolute atomic E-state index is 13.9. The Morgan fingerprint density at radius 3 is 2.92 bits per heavy atom. The summed E-state index contributed by atoms with van der Waals surface area (Å²) in [6, 6.07) is 9.73. The molecule has 6 heteroatoms. The third kappa shape index (κ3) is 4.31. The first-order valence-electron chi connectivity index (χ1n) is 8.95. The Balaban J connectivity index is 1.55. The number of halogens is 1. The van der Waals surface area contributed by atoms with Crippen LogP contribution in [-0.2, 0) is 6.54 Å². The second-order valence-corrected chi connectivity index (χ2v) is 6.74. The van der Waals surface area contributed by atoms with Gasteiger partial charge in [-0.25, -0.2) is 9.37 Å². The maximum Gasteiger partial charge on any atom is 0.191 e. The van der Waals surface area contributed by atoms with Gasteiger partial charge in [0.25, 0.3) is 0 Å². The standard InChI is InChI=1S/C20H26FN5/c1-14-6-7-16(15(2)11-14)12-24-20(22-3)25-17-8-10-26(13-17)19-18(21)5-4-9-23-19/h4-7,9,11,17H,8,10,12-13H2,1-3H3,(H2,22,24,25). The van der Waals surface area contributed by atoms with Crippen molar-refractivity contribution in [3.63, 3.8) is 0 Å². The largest absolute Gasteiger partial charge is 0.352 e. The van der Waals surface area contributed by atoms with Crippen molar-refractivity contribution in [3.8, 4) is 0 Å². The molecule has 0 amide bonds. The highest BCUT2D eigenvalue weighted by atomic mass is 19.1. The number of nitrogens with zero attached hydrogens (tertiary/aromatic N) is 3. The smallest absolute Gasteiger partial charge is 0.191 e. The molecule has 1 aliphatic heterocycles. The third-order valence-corrected chi connectivity index (χ3v) is 4.74. The zero-order valence-corrected chi connectivity index (χ0v) is 15.6. The molecular formula is C20H26FN5. The van der Waals surface area contributed by atoms with Gasteiger partial charge in [-0.05, 0) is 43.5 Å². The molecule has 1 aliphatic rings. The zero-order chi connectivity index (χ0) is 18.5. The molecule has 3 rings (SSSR count). The van der Waals surface area contributed by atoms with Crippen molar-refractivity contribution in [1.29, 1.82) is 0 Å². The van der Waals surface area contributed by atoms with E-state index in [-0.39, 0.29) is 11.9 Å². The molecule has 1 unspecified atom stereocenters. The van der Waals surface area contributed by atoms with Crippen molar-refractivity contribution in [1.82, 2.24) is 15.6 Å². The number of aromatic nitrogens is 1. The molecule has 2 N–H and O–H groups in total. The van der Waals surface area contributed by atoms with Gasteiger partial charge >= 0.3 is 0 Å². The second kappa shape index (κ2) is 8.17. The van der Waals surface area contributed by atoms with E-state index < -0.39 is 0 Å². The van der Waals surface area contributed by atoms with Gasteiger partial charge in [-0.1, -0.05) is 23.8 Å². The van der Waals surface area contributed by atoms with Crippen molar-refractivity contribution in [3.05, 3.63) is 59.0 Å². The minimum absolute atomic E-state index is 0.210. The summed E-state index contributed by atoms with van der Waals surface area (Å²) in [6.45, 7) is 6.42. The first-order valence-corrected chi connectivity index (χ1v) is 8.95. The van der Waals surface area contributed by atoms with Crippen molar-refractivity contribution in [2.45, 2.75) is 32.9 Å². The van der Waals surface area contributed by atoms with Gasteiger partial charge in [0, 0.05) is 38.9 Å². The average Bonchev–Trinajstić information content (AvgIpc) is 3.08. The Kier molecular flexibility index (Phi) is 5.71. The quantitative estimate of drug-likeness (QED) is 0.654. The normalized spacial score (nSPS) is 17.5. The summed E-state index contributed by atoms with van der Waals surface area (Å²) in [5.41, 5.74) is 3.79. The molecule has 0 aliphatic carbocycles. The summed E-state index contributed by atoms with van der Waals surface area (Å²) in [5, 5.41) is 6.80. The number of nitrogens with one attached hydrogen (secondary N) is 2. The maximum atomic E-state index is 13.9. The molecule has 1 fully saturated rings. The lowest BCUT2D eigenvalue weighted by Crippen LogP contribution is -2.44. The Labute approximate surface area is 154 Å². The molecule has 2 heterocycles. The van der Waals surface area contributed by atoms with Gasteiger partial charge in [0.05, 0.1) is 0 Å². The summed E-state index contributed by atoms with van der Waals surface area (Å²) in [7, 11) is 1.77. The van der Waals surface area contributed by atoms with Crippen LogP contribution in [-0.4, -0.2) is 37.1 Å². The number of aliphatic imine (C=N–C) groups is 1. The van der Waals surface area contributed by atoms with E-state index in [1.165, 1.54) is 22.8 Å². The first kappa shape index (κ1) is 18.2. The van der Waals surface area contributed by atoms with Crippen molar-refractivity contribution < 1.29 is 4.39 Å². The number of hydrogen-bond donors (Lipinski definition) is 2. The molecule has 138 valence electrons. The lowest BCUT2D eigenvalue weighted by molar-refractivity contribution is 0.612. The minimum Gasteiger partial charge on any atom is -0.352 e. The van der Waals surface area contributed by atoms with E-state index in [0.29, 0.717) is 12.4 Å². The molecule has 0 bridgehead atoms. The summed E-state index contributed by atoms with van der Waals surface area (Å²) in [6.07, 6.45) is 2.55. The van der Waals surface area contributed by atoms with Gasteiger partial charge in [0.15, 0.2) is 17.6 Å². The van der Waals surface area contributed by atoms with Gasteiger partial charge in [-0.2, -0.15) is 0 Å². The molecule has 1 saturated heterocycles. The highest BCUT2D eigenvalue weighted by Crippen LogP contribution is 2.20. The zero-order valence-electron chi connectivity index (χ0n) is 15.6. The Hall–Kier alpha value is -2.63. The Morgan fingerprint density at radius 1 is 1.35 bits per heavy atom. The van der Waals surface area contributed by atoms with Crippen molar-refractivity contribution >= 4 is 11.8 Å². The summed E-state index contributed by atoms with van der Waals surface area (Å²) in [4.78, 5) is 10.5. The highest BCUT2D eigenvalue weighted by Gasteiger charge is 2.25. The van der Waals surface area contributed by atoms with E-state index in [4.69, 9.17) is 0 Å². The van der Waals surface area contributed by atoms with Crippen LogP contribution in [0.15, 0.2) is 41.5 Å². The van der Waals surface area contributed by atoms with Crippen molar-refractivity contribution in [2.24, 2.45) is 4.99 Å². The molecule has 1 atom stereocenters. The van der Waals surface area contributed by atoms with Crippen LogP contribution in [0.4, 0.5) is 10.2 Å². The van der Waals surface area contributed by atoms with Gasteiger partial charge in [0.2, 0.25) is 0 Å². The number of aryl methyl sites for hydroxylation is 2. The Morgan fingerprint density at radius 2 is 2.19 bits per heavy atom. The lowest BCUT2D eigenvalue weighted by atomic mass is 10.1. The van der Waals surface area contributed by atoms with Gasteiger partial charge in [0.1, 0.15) is 0 Å². The fourth-order valence-electron chi connectivity index (χ4n) is 3.29. The van der Waals surface area contributed by atoms with Crippen LogP contribution in [0.25, 0.3) is 0 Å². The minimum atomic E-state index is -0.273. The van der Waals surface area contributed by atoms with Gasteiger partial charge in [-0.15, -0.1) is 0 Å². The van der Waals surface area contributed by atoms with E-state index in [0.717, 1.165) is 25.5 Å². The molecule has 1 aromatic heterocycles. The highest BCUT2D eigenvalue weighted by molar-refractivity contribution is 5.80. The number of rotatable bonds is 4. The number of hydrogen-bond acceptors (Lipinski definition) is 3. The van der Waals surface area contributed by atoms with E-state index in [1.54, 1.807) is 19.3 Å². The topological polar surface area (TPSA) is 52.6 Å². The van der Waals surface area contributed by atoms with Crippen molar-refractivity contribution in [2.75, 3.05) is 25.0 Å². The Bertz CT molecular complexity index is 790. The van der Waals surface area contributed by atoms with Crippen LogP contribution in [0.2, 0.25) is 0 Å². The lowest BCUT2D eigenvalue weighted by Gasteiger charge is -2.20. The third-order valence-electron chi connectivity index (χ3n) is 4.74. The predicted molar refractivity (Wildman–Crippen MR) is 104 cm³/mol. The SMILES string of the molecule is CN=C(NCc1ccc(C)cc1C)NC1CCN(c2ncccc2F)C1. The number of anilines is 1. The number of benzene rings is 1. The van der Waals surface area contributed by atoms with Crippen LogP contribution in [0, 0.1) is 19.7 Å². The summed E-state index contributed by atoms with van der Waals surface area (Å²) in [5.74, 6) is 0.916. The molecule has 0 radical (unpaired) electrons. The van der Waals surface area contributed by atoms with E-state index >= 15 is 0 Å². The molecule has 26 heavy (non-hydrogen) atoms. The predicted octanol–water partition coefficient (Wildman–Crippen LogP) is 2.78. The fraction of sp³-hybridized carbons (Fsp3) is 0.400. The van der Waals surface area contributed by atoms with Crippen LogP contribution in [0.3, 0.4) is 0 Å². The van der Waals surface area contributed by atoms with E-state index in [9.17, 15) is 4.39 Å². The van der Waals surface area contributed by atoms with Crippen LogP contribution >= 0.6 is 0 Å². The molecule has 5 nitrogen and oxygen atoms in total. The van der Waals surface area contributed by atoms with Gasteiger partial charge < -0.3 is 15.5 Å². The van der Waals surface area contributed by atoms with E-state index in [1.807, 2.05) is 4.90 Å². The molecule has 2 aromatic rings. The number of pyridine rings is 1. The molecular weight excluding hydrogens is 329 g/mol. The molecule has 0 saturated carbocycles. The number of guanidine groups is 1.